The van der Waals surface area contributed by atoms with Gasteiger partial charge in [-0.25, -0.2) is 18.3 Å². The Morgan fingerprint density at radius 3 is 2.78 bits per heavy atom. The summed E-state index contributed by atoms with van der Waals surface area (Å²) < 4.78 is 31.5. The van der Waals surface area contributed by atoms with Crippen molar-refractivity contribution >= 4 is 5.97 Å². The number of halogens is 2. The molecular weight excluding hydrogens is 248 g/mol. The summed E-state index contributed by atoms with van der Waals surface area (Å²) in [5.41, 5.74) is -1.39. The smallest absolute Gasteiger partial charge is 0.358 e. The van der Waals surface area contributed by atoms with Crippen molar-refractivity contribution in [3.63, 3.8) is 0 Å². The lowest BCUT2D eigenvalue weighted by Crippen LogP contribution is -2.13. The number of ether oxygens (including phenoxy) is 1. The van der Waals surface area contributed by atoms with Crippen LogP contribution in [0.25, 0.3) is 0 Å². The third kappa shape index (κ3) is 3.73. The van der Waals surface area contributed by atoms with Crippen LogP contribution >= 0.6 is 0 Å². The molecule has 0 aliphatic heterocycles. The van der Waals surface area contributed by atoms with Gasteiger partial charge in [-0.3, -0.25) is 0 Å². The SMILES string of the molecule is CCCCOCCn1nnc(C(=O)O)c1C(F)F. The Bertz CT molecular complexity index is 396. The Morgan fingerprint density at radius 2 is 2.22 bits per heavy atom. The number of alkyl halides is 2. The fraction of sp³-hybridized carbons (Fsp3) is 0.700. The lowest BCUT2D eigenvalue weighted by Gasteiger charge is -2.06. The van der Waals surface area contributed by atoms with Crippen LogP contribution in [-0.2, 0) is 11.3 Å². The fourth-order valence-corrected chi connectivity index (χ4v) is 1.35. The van der Waals surface area contributed by atoms with Gasteiger partial charge in [0.1, 0.15) is 5.69 Å². The summed E-state index contributed by atoms with van der Waals surface area (Å²) in [7, 11) is 0. The van der Waals surface area contributed by atoms with Crippen LogP contribution in [0.3, 0.4) is 0 Å². The van der Waals surface area contributed by atoms with Crippen LogP contribution in [0.5, 0.6) is 0 Å². The number of carboxylic acids is 1. The highest BCUT2D eigenvalue weighted by Gasteiger charge is 2.25. The molecule has 0 saturated carbocycles. The van der Waals surface area contributed by atoms with E-state index in [9.17, 15) is 13.6 Å². The summed E-state index contributed by atoms with van der Waals surface area (Å²) in [5.74, 6) is -1.51. The Hall–Kier alpha value is -1.57. The molecule has 0 amide bonds. The summed E-state index contributed by atoms with van der Waals surface area (Å²) in [5, 5.41) is 15.3. The number of carbonyl (C=O) groups is 1. The zero-order valence-electron chi connectivity index (χ0n) is 9.97. The van der Waals surface area contributed by atoms with Crippen molar-refractivity contribution in [1.29, 1.82) is 0 Å². The lowest BCUT2D eigenvalue weighted by molar-refractivity contribution is 0.0673. The van der Waals surface area contributed by atoms with Gasteiger partial charge < -0.3 is 9.84 Å². The van der Waals surface area contributed by atoms with E-state index in [4.69, 9.17) is 9.84 Å². The van der Waals surface area contributed by atoms with Crippen molar-refractivity contribution in [2.24, 2.45) is 0 Å². The van der Waals surface area contributed by atoms with Gasteiger partial charge in [-0.1, -0.05) is 18.6 Å². The van der Waals surface area contributed by atoms with Crippen LogP contribution in [0.2, 0.25) is 0 Å². The molecule has 0 unspecified atom stereocenters. The van der Waals surface area contributed by atoms with Gasteiger partial charge in [0.25, 0.3) is 6.43 Å². The van der Waals surface area contributed by atoms with Gasteiger partial charge in [0, 0.05) is 6.61 Å². The highest BCUT2D eigenvalue weighted by atomic mass is 19.3. The molecule has 8 heteroatoms. The molecule has 1 rings (SSSR count). The van der Waals surface area contributed by atoms with Crippen LogP contribution < -0.4 is 0 Å². The molecule has 1 heterocycles. The molecule has 102 valence electrons. The van der Waals surface area contributed by atoms with E-state index < -0.39 is 23.8 Å². The molecule has 0 aliphatic rings. The molecule has 1 aromatic heterocycles. The molecule has 0 radical (unpaired) electrons. The van der Waals surface area contributed by atoms with E-state index in [1.165, 1.54) is 0 Å². The van der Waals surface area contributed by atoms with E-state index in [0.717, 1.165) is 17.5 Å². The standard InChI is InChI=1S/C10H15F2N3O3/c1-2-3-5-18-6-4-15-8(9(11)12)7(10(16)17)13-14-15/h9H,2-6H2,1H3,(H,16,17). The summed E-state index contributed by atoms with van der Waals surface area (Å²) in [6.45, 7) is 2.81. The van der Waals surface area contributed by atoms with E-state index in [1.807, 2.05) is 6.92 Å². The number of unbranched alkanes of at least 4 members (excludes halogenated alkanes) is 1. The first kappa shape index (κ1) is 14.5. The van der Waals surface area contributed by atoms with E-state index >= 15 is 0 Å². The summed E-state index contributed by atoms with van der Waals surface area (Å²) >= 11 is 0. The molecule has 0 aliphatic carbocycles. The third-order valence-corrected chi connectivity index (χ3v) is 2.27. The van der Waals surface area contributed by atoms with Crippen molar-refractivity contribution in [1.82, 2.24) is 15.0 Å². The molecule has 0 saturated heterocycles. The van der Waals surface area contributed by atoms with Crippen molar-refractivity contribution in [3.05, 3.63) is 11.4 Å². The Morgan fingerprint density at radius 1 is 1.50 bits per heavy atom. The Balaban J connectivity index is 2.62. The van der Waals surface area contributed by atoms with Crippen molar-refractivity contribution < 1.29 is 23.4 Å². The zero-order chi connectivity index (χ0) is 13.5. The number of hydrogen-bond acceptors (Lipinski definition) is 4. The number of rotatable bonds is 8. The van der Waals surface area contributed by atoms with E-state index in [1.54, 1.807) is 0 Å². The highest BCUT2D eigenvalue weighted by molar-refractivity contribution is 5.86. The highest BCUT2D eigenvalue weighted by Crippen LogP contribution is 2.21. The fourth-order valence-electron chi connectivity index (χ4n) is 1.35. The minimum Gasteiger partial charge on any atom is -0.476 e. The lowest BCUT2D eigenvalue weighted by atomic mass is 10.3. The van der Waals surface area contributed by atoms with Crippen LogP contribution in [0.4, 0.5) is 8.78 Å². The van der Waals surface area contributed by atoms with Gasteiger partial charge in [0.2, 0.25) is 0 Å². The predicted octanol–water partition coefficient (Wildman–Crippen LogP) is 1.73. The minimum atomic E-state index is -2.93. The van der Waals surface area contributed by atoms with E-state index in [2.05, 4.69) is 10.3 Å². The maximum atomic E-state index is 12.7. The van der Waals surface area contributed by atoms with Crippen LogP contribution in [-0.4, -0.2) is 39.3 Å². The first-order chi connectivity index (χ1) is 8.57. The van der Waals surface area contributed by atoms with Crippen LogP contribution in [0.1, 0.15) is 42.4 Å². The molecule has 18 heavy (non-hydrogen) atoms. The molecule has 0 spiro atoms. The molecule has 0 bridgehead atoms. The largest absolute Gasteiger partial charge is 0.476 e. The number of carboxylic acid groups (broad SMARTS) is 1. The van der Waals surface area contributed by atoms with Gasteiger partial charge in [0.15, 0.2) is 5.69 Å². The van der Waals surface area contributed by atoms with Gasteiger partial charge in [-0.15, -0.1) is 5.10 Å². The number of aromatic carboxylic acids is 1. The van der Waals surface area contributed by atoms with Gasteiger partial charge in [-0.05, 0) is 6.42 Å². The molecule has 0 aromatic carbocycles. The van der Waals surface area contributed by atoms with Gasteiger partial charge >= 0.3 is 5.97 Å². The van der Waals surface area contributed by atoms with E-state index in [-0.39, 0.29) is 13.2 Å². The number of nitrogens with zero attached hydrogens (tertiary/aromatic N) is 3. The summed E-state index contributed by atoms with van der Waals surface area (Å²) in [6, 6.07) is 0. The third-order valence-electron chi connectivity index (χ3n) is 2.27. The average molecular weight is 263 g/mol. The zero-order valence-corrected chi connectivity index (χ0v) is 9.97. The Labute approximate surface area is 103 Å². The average Bonchev–Trinajstić information content (AvgIpc) is 2.72. The van der Waals surface area contributed by atoms with Crippen molar-refractivity contribution in [2.45, 2.75) is 32.7 Å². The molecule has 1 aromatic rings. The van der Waals surface area contributed by atoms with Crippen LogP contribution in [0.15, 0.2) is 0 Å². The van der Waals surface area contributed by atoms with E-state index in [0.29, 0.717) is 6.61 Å². The van der Waals surface area contributed by atoms with Crippen molar-refractivity contribution in [3.8, 4) is 0 Å². The molecule has 0 atom stereocenters. The summed E-state index contributed by atoms with van der Waals surface area (Å²) in [6.07, 6.45) is -1.06. The molecular formula is C10H15F2N3O3. The maximum absolute atomic E-state index is 12.7. The monoisotopic (exact) mass is 263 g/mol. The van der Waals surface area contributed by atoms with Crippen LogP contribution in [0, 0.1) is 0 Å². The molecule has 1 N–H and O–H groups in total. The van der Waals surface area contributed by atoms with Gasteiger partial charge in [-0.2, -0.15) is 0 Å². The summed E-state index contributed by atoms with van der Waals surface area (Å²) in [4.78, 5) is 10.7. The first-order valence-electron chi connectivity index (χ1n) is 5.60. The second-order valence-corrected chi connectivity index (χ2v) is 3.62. The quantitative estimate of drug-likeness (QED) is 0.723. The molecule has 0 fully saturated rings. The minimum absolute atomic E-state index is 0.0592. The Kier molecular flexibility index (Phi) is 5.63. The first-order valence-corrected chi connectivity index (χ1v) is 5.60. The predicted molar refractivity (Wildman–Crippen MR) is 57.7 cm³/mol. The van der Waals surface area contributed by atoms with Gasteiger partial charge in [0.05, 0.1) is 13.2 Å². The van der Waals surface area contributed by atoms with Crippen molar-refractivity contribution in [2.75, 3.05) is 13.2 Å². The molecule has 6 nitrogen and oxygen atoms in total. The topological polar surface area (TPSA) is 77.2 Å². The second-order valence-electron chi connectivity index (χ2n) is 3.62. The normalized spacial score (nSPS) is 11.1. The number of aromatic nitrogens is 3. The maximum Gasteiger partial charge on any atom is 0.358 e. The number of hydrogen-bond donors (Lipinski definition) is 1. The second kappa shape index (κ2) is 7.00.